The molecule has 1 rings (SSSR count). The monoisotopic (exact) mass is 334 g/mol. The van der Waals surface area contributed by atoms with Crippen molar-refractivity contribution in [2.75, 3.05) is 0 Å². The molecule has 0 fully saturated rings. The number of benzene rings is 1. The number of rotatable bonds is 4. The summed E-state index contributed by atoms with van der Waals surface area (Å²) in [5, 5.41) is 18.8. The molecule has 0 bridgehead atoms. The van der Waals surface area contributed by atoms with Gasteiger partial charge in [-0.2, -0.15) is 0 Å². The van der Waals surface area contributed by atoms with Crippen molar-refractivity contribution in [1.29, 1.82) is 0 Å². The second-order valence-electron chi connectivity index (χ2n) is 4.62. The first-order valence-corrected chi connectivity index (χ1v) is 6.82. The second-order valence-corrected chi connectivity index (χ2v) is 6.74. The number of hydrogen-bond acceptors (Lipinski definition) is 2. The highest BCUT2D eigenvalue weighted by Gasteiger charge is 2.18. The van der Waals surface area contributed by atoms with Crippen LogP contribution < -0.4 is 0 Å². The van der Waals surface area contributed by atoms with Crippen LogP contribution in [0.2, 0.25) is 0 Å². The number of alkyl halides is 1. The van der Waals surface area contributed by atoms with E-state index in [9.17, 15) is 10.2 Å². The van der Waals surface area contributed by atoms with E-state index >= 15 is 0 Å². The third-order valence-electron chi connectivity index (χ3n) is 2.81. The van der Waals surface area contributed by atoms with Gasteiger partial charge >= 0.3 is 0 Å². The van der Waals surface area contributed by atoms with E-state index in [2.05, 4.69) is 43.4 Å². The van der Waals surface area contributed by atoms with E-state index in [1.165, 1.54) is 0 Å². The fraction of sp³-hybridized carbons (Fsp3) is 0.538. The highest BCUT2D eigenvalue weighted by atomic mass is 127. The largest absolute Gasteiger partial charge is 0.504 e. The third-order valence-corrected chi connectivity index (χ3v) is 3.32. The van der Waals surface area contributed by atoms with E-state index in [-0.39, 0.29) is 11.5 Å². The molecule has 0 aliphatic carbocycles. The minimum atomic E-state index is -0.0474. The molecular weight excluding hydrogens is 315 g/mol. The van der Waals surface area contributed by atoms with Crippen LogP contribution in [0, 0.1) is 5.92 Å². The fourth-order valence-electron chi connectivity index (χ4n) is 1.91. The van der Waals surface area contributed by atoms with Gasteiger partial charge < -0.3 is 10.2 Å². The van der Waals surface area contributed by atoms with Crippen molar-refractivity contribution in [3.8, 4) is 11.5 Å². The number of halogens is 1. The molecule has 0 aliphatic rings. The van der Waals surface area contributed by atoms with Crippen LogP contribution in [0.1, 0.15) is 38.7 Å². The summed E-state index contributed by atoms with van der Waals surface area (Å²) in [7, 11) is 0. The van der Waals surface area contributed by atoms with Crippen molar-refractivity contribution in [1.82, 2.24) is 0 Å². The van der Waals surface area contributed by atoms with Crippen LogP contribution in [0.3, 0.4) is 0 Å². The van der Waals surface area contributed by atoms with Gasteiger partial charge in [-0.3, -0.25) is 0 Å². The van der Waals surface area contributed by atoms with Crippen molar-refractivity contribution >= 4 is 22.6 Å². The van der Waals surface area contributed by atoms with Gasteiger partial charge in [-0.05, 0) is 36.0 Å². The van der Waals surface area contributed by atoms with Gasteiger partial charge in [-0.25, -0.2) is 0 Å². The summed E-state index contributed by atoms with van der Waals surface area (Å²) < 4.78 is 0.598. The Labute approximate surface area is 111 Å². The lowest BCUT2D eigenvalue weighted by molar-refractivity contribution is 0.400. The Hall–Kier alpha value is -0.450. The first kappa shape index (κ1) is 13.6. The standard InChI is InChI=1S/C13H19IO2/c1-8(2)11(6-9(3)14)10-4-5-12(15)13(16)7-10/h4-5,7-9,11,15-16H,6H2,1-3H3. The Morgan fingerprint density at radius 3 is 2.19 bits per heavy atom. The van der Waals surface area contributed by atoms with Crippen LogP contribution in [0.4, 0.5) is 0 Å². The van der Waals surface area contributed by atoms with Crippen LogP contribution in [-0.4, -0.2) is 14.1 Å². The topological polar surface area (TPSA) is 40.5 Å². The van der Waals surface area contributed by atoms with Gasteiger partial charge in [0.2, 0.25) is 0 Å². The predicted molar refractivity (Wildman–Crippen MR) is 75.4 cm³/mol. The van der Waals surface area contributed by atoms with Crippen molar-refractivity contribution in [2.24, 2.45) is 5.92 Å². The molecule has 3 heteroatoms. The van der Waals surface area contributed by atoms with Crippen LogP contribution in [0.25, 0.3) is 0 Å². The van der Waals surface area contributed by atoms with Gasteiger partial charge in [0.25, 0.3) is 0 Å². The van der Waals surface area contributed by atoms with Crippen molar-refractivity contribution in [2.45, 2.75) is 37.0 Å². The van der Waals surface area contributed by atoms with Crippen LogP contribution in [0.5, 0.6) is 11.5 Å². The molecule has 90 valence electrons. The Morgan fingerprint density at radius 1 is 1.12 bits per heavy atom. The van der Waals surface area contributed by atoms with Gasteiger partial charge in [0.05, 0.1) is 0 Å². The summed E-state index contributed by atoms with van der Waals surface area (Å²) in [5.41, 5.74) is 1.11. The molecule has 2 nitrogen and oxygen atoms in total. The molecule has 0 aromatic heterocycles. The maximum absolute atomic E-state index is 9.51. The fourth-order valence-corrected chi connectivity index (χ4v) is 2.46. The molecular formula is C13H19IO2. The molecule has 2 atom stereocenters. The quantitative estimate of drug-likeness (QED) is 0.495. The molecule has 1 aromatic carbocycles. The first-order chi connectivity index (χ1) is 7.41. The Morgan fingerprint density at radius 2 is 1.75 bits per heavy atom. The molecule has 0 radical (unpaired) electrons. The molecule has 0 saturated heterocycles. The average Bonchev–Trinajstić information content (AvgIpc) is 2.18. The highest BCUT2D eigenvalue weighted by molar-refractivity contribution is 14.1. The lowest BCUT2D eigenvalue weighted by Crippen LogP contribution is -2.10. The van der Waals surface area contributed by atoms with Crippen molar-refractivity contribution in [3.05, 3.63) is 23.8 Å². The van der Waals surface area contributed by atoms with E-state index in [4.69, 9.17) is 0 Å². The molecule has 0 heterocycles. The number of phenols is 2. The lowest BCUT2D eigenvalue weighted by Gasteiger charge is -2.23. The zero-order chi connectivity index (χ0) is 12.3. The first-order valence-electron chi connectivity index (χ1n) is 5.57. The van der Waals surface area contributed by atoms with E-state index < -0.39 is 0 Å². The molecule has 0 aliphatic heterocycles. The molecule has 2 N–H and O–H groups in total. The molecule has 0 saturated carbocycles. The van der Waals surface area contributed by atoms with E-state index in [1.54, 1.807) is 12.1 Å². The number of hydrogen-bond donors (Lipinski definition) is 2. The summed E-state index contributed by atoms with van der Waals surface area (Å²) in [5.74, 6) is 0.887. The summed E-state index contributed by atoms with van der Waals surface area (Å²) in [4.78, 5) is 0. The normalized spacial score (nSPS) is 15.1. The number of phenolic OH excluding ortho intramolecular Hbond substituents is 2. The van der Waals surface area contributed by atoms with Crippen molar-refractivity contribution in [3.63, 3.8) is 0 Å². The maximum atomic E-state index is 9.51. The Kier molecular flexibility index (Phi) is 4.89. The van der Waals surface area contributed by atoms with E-state index in [1.807, 2.05) is 6.07 Å². The molecule has 16 heavy (non-hydrogen) atoms. The Bertz CT molecular complexity index is 348. The average molecular weight is 334 g/mol. The zero-order valence-corrected chi connectivity index (χ0v) is 12.1. The SMILES string of the molecule is CC(I)CC(c1ccc(O)c(O)c1)C(C)C. The molecule has 0 spiro atoms. The summed E-state index contributed by atoms with van der Waals surface area (Å²) in [6.45, 7) is 6.57. The summed E-state index contributed by atoms with van der Waals surface area (Å²) in [6.07, 6.45) is 1.09. The molecule has 1 aromatic rings. The summed E-state index contributed by atoms with van der Waals surface area (Å²) in [6, 6.07) is 5.15. The van der Waals surface area contributed by atoms with Crippen LogP contribution in [0.15, 0.2) is 18.2 Å². The minimum Gasteiger partial charge on any atom is -0.504 e. The highest BCUT2D eigenvalue weighted by Crippen LogP contribution is 2.35. The van der Waals surface area contributed by atoms with E-state index in [0.717, 1.165) is 12.0 Å². The van der Waals surface area contributed by atoms with Gasteiger partial charge in [-0.1, -0.05) is 49.4 Å². The van der Waals surface area contributed by atoms with Crippen LogP contribution >= 0.6 is 22.6 Å². The van der Waals surface area contributed by atoms with Gasteiger partial charge in [0.15, 0.2) is 11.5 Å². The summed E-state index contributed by atoms with van der Waals surface area (Å²) >= 11 is 2.42. The van der Waals surface area contributed by atoms with Gasteiger partial charge in [0.1, 0.15) is 0 Å². The number of aromatic hydroxyl groups is 2. The lowest BCUT2D eigenvalue weighted by atomic mass is 9.85. The zero-order valence-electron chi connectivity index (χ0n) is 9.94. The van der Waals surface area contributed by atoms with Crippen LogP contribution in [-0.2, 0) is 0 Å². The van der Waals surface area contributed by atoms with E-state index in [0.29, 0.717) is 15.8 Å². The maximum Gasteiger partial charge on any atom is 0.157 e. The van der Waals surface area contributed by atoms with Crippen molar-refractivity contribution < 1.29 is 10.2 Å². The van der Waals surface area contributed by atoms with Gasteiger partial charge in [-0.15, -0.1) is 0 Å². The minimum absolute atomic E-state index is 0.0238. The second kappa shape index (κ2) is 5.75. The predicted octanol–water partition coefficient (Wildman–Crippen LogP) is 4.05. The third kappa shape index (κ3) is 3.54. The molecule has 2 unspecified atom stereocenters. The Balaban J connectivity index is 2.97. The smallest absolute Gasteiger partial charge is 0.157 e. The van der Waals surface area contributed by atoms with Gasteiger partial charge in [0, 0.05) is 3.92 Å². The molecule has 0 amide bonds.